The zero-order valence-electron chi connectivity index (χ0n) is 15.9. The van der Waals surface area contributed by atoms with E-state index in [2.05, 4.69) is 25.6 Å². The van der Waals surface area contributed by atoms with Gasteiger partial charge in [0.15, 0.2) is 0 Å². The fraction of sp³-hybridized carbons (Fsp3) is 0.150. The molecule has 0 fully saturated rings. The lowest BCUT2D eigenvalue weighted by Gasteiger charge is -2.13. The number of pyridine rings is 1. The minimum atomic E-state index is -4.72. The predicted molar refractivity (Wildman–Crippen MR) is 103 cm³/mol. The first kappa shape index (κ1) is 20.9. The van der Waals surface area contributed by atoms with Crippen LogP contribution in [0.25, 0.3) is 0 Å². The fourth-order valence-corrected chi connectivity index (χ4v) is 2.52. The number of halogens is 3. The minimum Gasteiger partial charge on any atom is -0.321 e. The lowest BCUT2D eigenvalue weighted by atomic mass is 10.1. The highest BCUT2D eigenvalue weighted by Gasteiger charge is 2.32. The number of carbonyl (C=O) groups excluding carboxylic acids is 2. The van der Waals surface area contributed by atoms with E-state index >= 15 is 0 Å². The van der Waals surface area contributed by atoms with Gasteiger partial charge < -0.3 is 10.6 Å². The van der Waals surface area contributed by atoms with Gasteiger partial charge in [-0.2, -0.15) is 13.2 Å². The van der Waals surface area contributed by atoms with Crippen molar-refractivity contribution in [2.75, 3.05) is 10.6 Å². The number of carbonyl (C=O) groups is 2. The summed E-state index contributed by atoms with van der Waals surface area (Å²) < 4.78 is 40.0. The molecule has 0 spiro atoms. The van der Waals surface area contributed by atoms with Crippen LogP contribution in [0.3, 0.4) is 0 Å². The second-order valence-corrected chi connectivity index (χ2v) is 6.39. The number of benzene rings is 1. The van der Waals surface area contributed by atoms with Gasteiger partial charge >= 0.3 is 6.18 Å². The third-order valence-corrected chi connectivity index (χ3v) is 3.94. The van der Waals surface area contributed by atoms with Crippen LogP contribution in [0.4, 0.5) is 24.5 Å². The van der Waals surface area contributed by atoms with Crippen molar-refractivity contribution in [1.29, 1.82) is 0 Å². The molecule has 3 rings (SSSR count). The average Bonchev–Trinajstić information content (AvgIpc) is 2.68. The Hall–Kier alpha value is -3.82. The molecule has 154 valence electrons. The quantitative estimate of drug-likeness (QED) is 0.671. The van der Waals surface area contributed by atoms with Gasteiger partial charge in [-0.3, -0.25) is 9.59 Å². The maximum absolute atomic E-state index is 13.3. The summed E-state index contributed by atoms with van der Waals surface area (Å²) in [6, 6.07) is 7.31. The normalized spacial score (nSPS) is 11.1. The van der Waals surface area contributed by atoms with Crippen LogP contribution in [-0.4, -0.2) is 26.8 Å². The Morgan fingerprint density at radius 2 is 1.57 bits per heavy atom. The van der Waals surface area contributed by atoms with Crippen molar-refractivity contribution in [1.82, 2.24) is 15.0 Å². The molecule has 0 aliphatic heterocycles. The minimum absolute atomic E-state index is 0.0372. The number of anilines is 2. The Bertz CT molecular complexity index is 1100. The largest absolute Gasteiger partial charge is 0.416 e. The van der Waals surface area contributed by atoms with Gasteiger partial charge in [0.25, 0.3) is 11.8 Å². The maximum Gasteiger partial charge on any atom is 0.416 e. The Balaban J connectivity index is 1.90. The van der Waals surface area contributed by atoms with Crippen molar-refractivity contribution >= 4 is 23.2 Å². The van der Waals surface area contributed by atoms with E-state index in [9.17, 15) is 22.8 Å². The molecule has 2 heterocycles. The van der Waals surface area contributed by atoms with E-state index in [1.165, 1.54) is 18.5 Å². The van der Waals surface area contributed by atoms with Crippen molar-refractivity contribution in [3.05, 3.63) is 77.1 Å². The second-order valence-electron chi connectivity index (χ2n) is 6.39. The van der Waals surface area contributed by atoms with E-state index in [4.69, 9.17) is 0 Å². The van der Waals surface area contributed by atoms with Gasteiger partial charge in [-0.15, -0.1) is 0 Å². The first-order chi connectivity index (χ1) is 14.1. The second kappa shape index (κ2) is 8.27. The van der Waals surface area contributed by atoms with Gasteiger partial charge in [0.1, 0.15) is 11.5 Å². The molecule has 1 aromatic carbocycles. The van der Waals surface area contributed by atoms with Crippen LogP contribution in [0.5, 0.6) is 0 Å². The Labute approximate surface area is 169 Å². The molecular weight excluding hydrogens is 399 g/mol. The van der Waals surface area contributed by atoms with Gasteiger partial charge in [-0.25, -0.2) is 15.0 Å². The van der Waals surface area contributed by atoms with Crippen molar-refractivity contribution < 1.29 is 22.8 Å². The summed E-state index contributed by atoms with van der Waals surface area (Å²) in [7, 11) is 0. The van der Waals surface area contributed by atoms with Crippen LogP contribution < -0.4 is 10.6 Å². The third kappa shape index (κ3) is 5.16. The van der Waals surface area contributed by atoms with E-state index in [1.807, 2.05) is 0 Å². The van der Waals surface area contributed by atoms with Crippen molar-refractivity contribution in [3.63, 3.8) is 0 Å². The lowest BCUT2D eigenvalue weighted by Crippen LogP contribution is -2.18. The van der Waals surface area contributed by atoms with Gasteiger partial charge in [-0.1, -0.05) is 6.07 Å². The van der Waals surface area contributed by atoms with Crippen molar-refractivity contribution in [2.24, 2.45) is 0 Å². The Morgan fingerprint density at radius 3 is 2.20 bits per heavy atom. The van der Waals surface area contributed by atoms with Gasteiger partial charge in [0.2, 0.25) is 0 Å². The summed E-state index contributed by atoms with van der Waals surface area (Å²) in [5.41, 5.74) is -0.732. The van der Waals surface area contributed by atoms with Gasteiger partial charge in [0, 0.05) is 16.9 Å². The summed E-state index contributed by atoms with van der Waals surface area (Å²) >= 11 is 0. The summed E-state index contributed by atoms with van der Waals surface area (Å²) in [5, 5.41) is 4.79. The Kier molecular flexibility index (Phi) is 5.77. The van der Waals surface area contributed by atoms with Crippen LogP contribution in [0.2, 0.25) is 0 Å². The third-order valence-electron chi connectivity index (χ3n) is 3.94. The van der Waals surface area contributed by atoms with E-state index < -0.39 is 23.6 Å². The summed E-state index contributed by atoms with van der Waals surface area (Å²) in [6.07, 6.45) is -2.05. The first-order valence-electron chi connectivity index (χ1n) is 8.69. The Morgan fingerprint density at radius 1 is 0.900 bits per heavy atom. The molecule has 10 heteroatoms. The first-order valence-corrected chi connectivity index (χ1v) is 8.69. The number of nitrogens with one attached hydrogen (secondary N) is 2. The molecule has 30 heavy (non-hydrogen) atoms. The topological polar surface area (TPSA) is 96.9 Å². The summed E-state index contributed by atoms with van der Waals surface area (Å²) in [4.78, 5) is 36.7. The molecule has 0 aliphatic rings. The van der Waals surface area contributed by atoms with Crippen LogP contribution in [0.15, 0.2) is 48.8 Å². The van der Waals surface area contributed by atoms with E-state index in [0.717, 1.165) is 12.1 Å². The zero-order valence-corrected chi connectivity index (χ0v) is 15.9. The molecule has 2 amide bonds. The molecule has 0 unspecified atom stereocenters. The van der Waals surface area contributed by atoms with E-state index in [-0.39, 0.29) is 22.6 Å². The van der Waals surface area contributed by atoms with Crippen molar-refractivity contribution in [2.45, 2.75) is 20.0 Å². The smallest absolute Gasteiger partial charge is 0.321 e. The number of hydrogen-bond donors (Lipinski definition) is 2. The number of nitrogens with zero attached hydrogens (tertiary/aromatic N) is 3. The molecule has 2 N–H and O–H groups in total. The molecule has 0 atom stereocenters. The molecule has 0 saturated carbocycles. The number of amides is 2. The maximum atomic E-state index is 13.3. The molecule has 0 radical (unpaired) electrons. The van der Waals surface area contributed by atoms with Crippen LogP contribution in [-0.2, 0) is 6.18 Å². The molecule has 0 saturated heterocycles. The summed E-state index contributed by atoms with van der Waals surface area (Å²) in [5.74, 6) is -1.03. The van der Waals surface area contributed by atoms with Crippen molar-refractivity contribution in [3.8, 4) is 0 Å². The summed E-state index contributed by atoms with van der Waals surface area (Å²) in [6.45, 7) is 3.33. The molecular formula is C20H16F3N5O2. The fourth-order valence-electron chi connectivity index (χ4n) is 2.52. The van der Waals surface area contributed by atoms with E-state index in [1.54, 1.807) is 26.0 Å². The number of aromatic nitrogens is 3. The van der Waals surface area contributed by atoms with Gasteiger partial charge in [0.05, 0.1) is 23.6 Å². The van der Waals surface area contributed by atoms with Crippen LogP contribution in [0, 0.1) is 13.8 Å². The number of alkyl halides is 3. The zero-order chi connectivity index (χ0) is 21.9. The van der Waals surface area contributed by atoms with Crippen LogP contribution in [0.1, 0.15) is 37.9 Å². The molecule has 3 aromatic rings. The van der Waals surface area contributed by atoms with Crippen LogP contribution >= 0.6 is 0 Å². The molecule has 2 aromatic heterocycles. The molecule has 0 aliphatic carbocycles. The highest BCUT2D eigenvalue weighted by molar-refractivity contribution is 6.07. The highest BCUT2D eigenvalue weighted by Crippen LogP contribution is 2.32. The standard InChI is InChI=1S/C20H16F3N5O2/c1-11-4-3-5-17(26-11)19(30)27-15-7-13(6-14(8-15)20(21,22)23)18(29)28-16-9-24-12(2)25-10-16/h3-10H,1-2H3,(H,27,30)(H,28,29). The average molecular weight is 415 g/mol. The SMILES string of the molecule is Cc1cccc(C(=O)Nc2cc(C(=O)Nc3cnc(C)nc3)cc(C(F)(F)F)c2)n1. The number of aryl methyl sites for hydroxylation is 2. The predicted octanol–water partition coefficient (Wildman–Crippen LogP) is 4.01. The number of rotatable bonds is 4. The lowest BCUT2D eigenvalue weighted by molar-refractivity contribution is -0.137. The monoisotopic (exact) mass is 415 g/mol. The van der Waals surface area contributed by atoms with E-state index in [0.29, 0.717) is 17.6 Å². The van der Waals surface area contributed by atoms with Gasteiger partial charge in [-0.05, 0) is 44.2 Å². The molecule has 7 nitrogen and oxygen atoms in total. The molecule has 0 bridgehead atoms. The number of hydrogen-bond acceptors (Lipinski definition) is 5. The highest BCUT2D eigenvalue weighted by atomic mass is 19.4.